The lowest BCUT2D eigenvalue weighted by atomic mass is 9.82. The van der Waals surface area contributed by atoms with Gasteiger partial charge in [0.2, 0.25) is 0 Å². The summed E-state index contributed by atoms with van der Waals surface area (Å²) in [5, 5.41) is 3.46. The van der Waals surface area contributed by atoms with Gasteiger partial charge < -0.3 is 10.1 Å². The van der Waals surface area contributed by atoms with Crippen molar-refractivity contribution >= 4 is 11.8 Å². The van der Waals surface area contributed by atoms with Crippen LogP contribution in [0.5, 0.6) is 0 Å². The van der Waals surface area contributed by atoms with Gasteiger partial charge in [-0.1, -0.05) is 11.1 Å². The summed E-state index contributed by atoms with van der Waals surface area (Å²) in [4.78, 5) is 0. The van der Waals surface area contributed by atoms with E-state index < -0.39 is 0 Å². The summed E-state index contributed by atoms with van der Waals surface area (Å²) >= 11 is 2.09. The van der Waals surface area contributed by atoms with Gasteiger partial charge in [-0.3, -0.25) is 0 Å². The zero-order valence-corrected chi connectivity index (χ0v) is 11.4. The molecular formula is C14H23NOS. The lowest BCUT2D eigenvalue weighted by Gasteiger charge is -2.42. The Balaban J connectivity index is 1.73. The molecule has 0 bridgehead atoms. The fraction of sp³-hybridized carbons (Fsp3) is 0.857. The highest BCUT2D eigenvalue weighted by molar-refractivity contribution is 7.99. The van der Waals surface area contributed by atoms with Gasteiger partial charge in [-0.05, 0) is 63.1 Å². The third-order valence-corrected chi connectivity index (χ3v) is 5.44. The Kier molecular flexibility index (Phi) is 3.78. The molecule has 0 aromatic rings. The Morgan fingerprint density at radius 2 is 1.76 bits per heavy atom. The van der Waals surface area contributed by atoms with Crippen LogP contribution in [0.25, 0.3) is 0 Å². The second kappa shape index (κ2) is 5.33. The van der Waals surface area contributed by atoms with Gasteiger partial charge in [0, 0.05) is 0 Å². The van der Waals surface area contributed by atoms with Crippen molar-refractivity contribution in [2.24, 2.45) is 0 Å². The number of rotatable bonds is 0. The van der Waals surface area contributed by atoms with E-state index >= 15 is 0 Å². The van der Waals surface area contributed by atoms with Crippen LogP contribution in [0.2, 0.25) is 0 Å². The Labute approximate surface area is 109 Å². The van der Waals surface area contributed by atoms with Gasteiger partial charge in [0.05, 0.1) is 12.2 Å². The molecular weight excluding hydrogens is 230 g/mol. The van der Waals surface area contributed by atoms with Gasteiger partial charge >= 0.3 is 0 Å². The Morgan fingerprint density at radius 1 is 1.00 bits per heavy atom. The quantitative estimate of drug-likeness (QED) is 0.671. The molecule has 0 radical (unpaired) electrons. The monoisotopic (exact) mass is 253 g/mol. The van der Waals surface area contributed by atoms with E-state index in [4.69, 9.17) is 4.74 Å². The van der Waals surface area contributed by atoms with Gasteiger partial charge in [0.25, 0.3) is 0 Å². The average molecular weight is 253 g/mol. The van der Waals surface area contributed by atoms with Crippen LogP contribution in [0.4, 0.5) is 0 Å². The van der Waals surface area contributed by atoms with Crippen molar-refractivity contribution in [1.82, 2.24) is 5.32 Å². The van der Waals surface area contributed by atoms with Crippen molar-refractivity contribution < 1.29 is 4.74 Å². The molecule has 17 heavy (non-hydrogen) atoms. The summed E-state index contributed by atoms with van der Waals surface area (Å²) in [7, 11) is 0. The first kappa shape index (κ1) is 12.1. The van der Waals surface area contributed by atoms with E-state index in [1.807, 2.05) is 0 Å². The number of ether oxygens (including phenoxy) is 1. The largest absolute Gasteiger partial charge is 0.374 e. The van der Waals surface area contributed by atoms with Crippen molar-refractivity contribution in [2.45, 2.75) is 44.1 Å². The third kappa shape index (κ3) is 2.72. The minimum Gasteiger partial charge on any atom is -0.374 e. The molecule has 0 saturated carbocycles. The van der Waals surface area contributed by atoms with Crippen molar-refractivity contribution in [3.63, 3.8) is 0 Å². The minimum atomic E-state index is 0.233. The maximum Gasteiger partial charge on any atom is 0.0735 e. The number of nitrogens with one attached hydrogen (secondary N) is 1. The fourth-order valence-corrected chi connectivity index (χ4v) is 4.60. The average Bonchev–Trinajstić information content (AvgIpc) is 2.41. The molecule has 3 heterocycles. The maximum absolute atomic E-state index is 6.16. The maximum atomic E-state index is 6.16. The first-order valence-electron chi connectivity index (χ1n) is 7.00. The number of piperidine rings is 1. The topological polar surface area (TPSA) is 21.3 Å². The molecule has 0 atom stereocenters. The van der Waals surface area contributed by atoms with Crippen LogP contribution in [-0.4, -0.2) is 36.8 Å². The van der Waals surface area contributed by atoms with Gasteiger partial charge in [0.15, 0.2) is 0 Å². The molecule has 3 aliphatic rings. The Morgan fingerprint density at radius 3 is 2.53 bits per heavy atom. The SMILES string of the molecule is C1CC(=C2CCOC3(CCSCC3)C2)CCN1. The molecule has 3 heteroatoms. The summed E-state index contributed by atoms with van der Waals surface area (Å²) in [5.74, 6) is 2.59. The lowest BCUT2D eigenvalue weighted by Crippen LogP contribution is -2.41. The van der Waals surface area contributed by atoms with Crippen LogP contribution in [0.1, 0.15) is 38.5 Å². The molecule has 3 aliphatic heterocycles. The highest BCUT2D eigenvalue weighted by Crippen LogP contribution is 2.41. The molecule has 0 aromatic carbocycles. The summed E-state index contributed by atoms with van der Waals surface area (Å²) in [6.45, 7) is 3.34. The molecule has 96 valence electrons. The molecule has 3 fully saturated rings. The zero-order chi connectivity index (χ0) is 11.6. The molecule has 1 spiro atoms. The van der Waals surface area contributed by atoms with Crippen molar-refractivity contribution in [1.29, 1.82) is 0 Å². The molecule has 2 nitrogen and oxygen atoms in total. The van der Waals surface area contributed by atoms with Crippen LogP contribution in [0, 0.1) is 0 Å². The van der Waals surface area contributed by atoms with E-state index in [1.54, 1.807) is 11.1 Å². The lowest BCUT2D eigenvalue weighted by molar-refractivity contribution is -0.0669. The zero-order valence-electron chi connectivity index (χ0n) is 10.6. The van der Waals surface area contributed by atoms with Crippen LogP contribution >= 0.6 is 11.8 Å². The van der Waals surface area contributed by atoms with E-state index in [0.717, 1.165) is 6.61 Å². The van der Waals surface area contributed by atoms with Gasteiger partial charge in [-0.25, -0.2) is 0 Å². The van der Waals surface area contributed by atoms with E-state index in [-0.39, 0.29) is 5.60 Å². The van der Waals surface area contributed by atoms with Gasteiger partial charge in [0.1, 0.15) is 0 Å². The number of thioether (sulfide) groups is 1. The summed E-state index contributed by atoms with van der Waals surface area (Å²) in [6.07, 6.45) is 7.53. The second-order valence-corrected chi connectivity index (χ2v) is 6.75. The Hall–Kier alpha value is 0.01000. The molecule has 1 N–H and O–H groups in total. The van der Waals surface area contributed by atoms with Crippen LogP contribution < -0.4 is 5.32 Å². The predicted molar refractivity (Wildman–Crippen MR) is 73.6 cm³/mol. The first-order chi connectivity index (χ1) is 8.38. The molecule has 0 amide bonds. The van der Waals surface area contributed by atoms with E-state index in [9.17, 15) is 0 Å². The minimum absolute atomic E-state index is 0.233. The third-order valence-electron chi connectivity index (χ3n) is 4.46. The summed E-state index contributed by atoms with van der Waals surface area (Å²) < 4.78 is 6.16. The summed E-state index contributed by atoms with van der Waals surface area (Å²) in [6, 6.07) is 0. The number of hydrogen-bond donors (Lipinski definition) is 1. The summed E-state index contributed by atoms with van der Waals surface area (Å²) in [5.41, 5.74) is 3.74. The Bertz CT molecular complexity index is 294. The fourth-order valence-electron chi connectivity index (χ4n) is 3.37. The van der Waals surface area contributed by atoms with E-state index in [1.165, 1.54) is 63.1 Å². The van der Waals surface area contributed by atoms with Crippen LogP contribution in [0.3, 0.4) is 0 Å². The van der Waals surface area contributed by atoms with E-state index in [2.05, 4.69) is 17.1 Å². The highest BCUT2D eigenvalue weighted by Gasteiger charge is 2.37. The normalized spacial score (nSPS) is 29.6. The van der Waals surface area contributed by atoms with E-state index in [0.29, 0.717) is 0 Å². The van der Waals surface area contributed by atoms with Crippen LogP contribution in [0.15, 0.2) is 11.1 Å². The van der Waals surface area contributed by atoms with Crippen molar-refractivity contribution in [2.75, 3.05) is 31.2 Å². The molecule has 0 aromatic heterocycles. The standard InChI is InChI=1S/C14H23NOS/c1-6-15-7-2-12(1)13-3-8-16-14(11-13)4-9-17-10-5-14/h15H,1-11H2. The van der Waals surface area contributed by atoms with Crippen molar-refractivity contribution in [3.05, 3.63) is 11.1 Å². The van der Waals surface area contributed by atoms with Gasteiger partial charge in [-0.15, -0.1) is 0 Å². The highest BCUT2D eigenvalue weighted by atomic mass is 32.2. The first-order valence-corrected chi connectivity index (χ1v) is 8.16. The van der Waals surface area contributed by atoms with Crippen molar-refractivity contribution in [3.8, 4) is 0 Å². The predicted octanol–water partition coefficient (Wildman–Crippen LogP) is 2.74. The molecule has 3 saturated heterocycles. The smallest absolute Gasteiger partial charge is 0.0735 e. The second-order valence-electron chi connectivity index (χ2n) is 5.53. The molecule has 3 rings (SSSR count). The van der Waals surface area contributed by atoms with Crippen LogP contribution in [-0.2, 0) is 4.74 Å². The number of hydrogen-bond acceptors (Lipinski definition) is 3. The molecule has 0 aliphatic carbocycles. The van der Waals surface area contributed by atoms with Gasteiger partial charge in [-0.2, -0.15) is 11.8 Å². The molecule has 0 unspecified atom stereocenters.